The van der Waals surface area contributed by atoms with E-state index in [0.29, 0.717) is 18.8 Å². The van der Waals surface area contributed by atoms with Gasteiger partial charge in [-0.1, -0.05) is 26.8 Å². The van der Waals surface area contributed by atoms with Gasteiger partial charge in [-0.05, 0) is 68.1 Å². The molecule has 1 N–H and O–H groups in total. The van der Waals surface area contributed by atoms with E-state index < -0.39 is 19.7 Å². The van der Waals surface area contributed by atoms with Crippen LogP contribution in [0.15, 0.2) is 23.3 Å². The zero-order valence-corrected chi connectivity index (χ0v) is 20.3. The molecule has 0 saturated heterocycles. The molecule has 0 spiro atoms. The number of pyridine rings is 1. The highest BCUT2D eigenvalue weighted by Crippen LogP contribution is 2.36. The third-order valence-electron chi connectivity index (χ3n) is 4.96. The van der Waals surface area contributed by atoms with Crippen molar-refractivity contribution in [2.75, 3.05) is 6.61 Å². The number of rotatable bonds is 9. The summed E-state index contributed by atoms with van der Waals surface area (Å²) in [4.78, 5) is 7.17. The van der Waals surface area contributed by atoms with Gasteiger partial charge < -0.3 is 8.98 Å². The Bertz CT molecular complexity index is 682. The van der Waals surface area contributed by atoms with Crippen molar-refractivity contribution in [2.24, 2.45) is 5.11 Å². The molecule has 28 heavy (non-hydrogen) atoms. The summed E-state index contributed by atoms with van der Waals surface area (Å²) in [7, 11) is -1.83. The van der Waals surface area contributed by atoms with E-state index in [1.54, 1.807) is 6.07 Å². The smallest absolute Gasteiger partial charge is 0.191 e. The molecule has 0 amide bonds. The molecule has 2 atom stereocenters. The highest BCUT2D eigenvalue weighted by Gasteiger charge is 2.37. The van der Waals surface area contributed by atoms with Gasteiger partial charge in [-0.25, -0.2) is 0 Å². The average molecular weight is 426 g/mol. The topological polar surface area (TPSA) is 106 Å². The summed E-state index contributed by atoms with van der Waals surface area (Å²) in [6.45, 7) is 17.5. The van der Waals surface area contributed by atoms with Crippen molar-refractivity contribution in [3.05, 3.63) is 34.3 Å². The quantitative estimate of drug-likeness (QED) is 0.188. The van der Waals surface area contributed by atoms with E-state index in [-0.39, 0.29) is 15.8 Å². The van der Waals surface area contributed by atoms with Gasteiger partial charge in [0.2, 0.25) is 0 Å². The van der Waals surface area contributed by atoms with E-state index in [1.807, 2.05) is 32.9 Å². The van der Waals surface area contributed by atoms with E-state index in [0.717, 1.165) is 12.1 Å². The maximum Gasteiger partial charge on any atom is 0.191 e. The SMILES string of the molecule is CC(C)(C)[S+]([O-])N[C@@H](CCO[Si](C)(C)C(C)(C)C)Cc1cccc(N=[N+]=[N-])n1. The molecule has 0 aliphatic carbocycles. The van der Waals surface area contributed by atoms with Crippen molar-refractivity contribution in [3.8, 4) is 0 Å². The van der Waals surface area contributed by atoms with Crippen molar-refractivity contribution in [1.82, 2.24) is 9.71 Å². The second-order valence-electron chi connectivity index (χ2n) is 9.47. The van der Waals surface area contributed by atoms with Crippen molar-refractivity contribution < 1.29 is 8.98 Å². The molecule has 1 aromatic rings. The molecule has 0 radical (unpaired) electrons. The van der Waals surface area contributed by atoms with Gasteiger partial charge in [0.15, 0.2) is 8.32 Å². The summed E-state index contributed by atoms with van der Waals surface area (Å²) in [6.07, 6.45) is 1.30. The summed E-state index contributed by atoms with van der Waals surface area (Å²) in [5.41, 5.74) is 9.40. The molecule has 158 valence electrons. The van der Waals surface area contributed by atoms with Crippen LogP contribution >= 0.6 is 0 Å². The van der Waals surface area contributed by atoms with E-state index in [2.05, 4.69) is 53.6 Å². The lowest BCUT2D eigenvalue weighted by Crippen LogP contribution is -2.47. The normalized spacial score (nSPS) is 15.0. The molecule has 1 rings (SSSR count). The number of aromatic nitrogens is 1. The minimum atomic E-state index is -1.83. The van der Waals surface area contributed by atoms with Gasteiger partial charge in [-0.15, -0.1) is 4.72 Å². The van der Waals surface area contributed by atoms with Gasteiger partial charge in [0.05, 0.1) is 6.04 Å². The Morgan fingerprint density at radius 2 is 1.93 bits per heavy atom. The third-order valence-corrected chi connectivity index (χ3v) is 11.2. The second kappa shape index (κ2) is 10.1. The van der Waals surface area contributed by atoms with Crippen LogP contribution in [0.5, 0.6) is 0 Å². The Morgan fingerprint density at radius 3 is 2.46 bits per heavy atom. The van der Waals surface area contributed by atoms with Crippen LogP contribution in [-0.2, 0) is 22.2 Å². The Kier molecular flexibility index (Phi) is 8.99. The van der Waals surface area contributed by atoms with Crippen LogP contribution in [0.2, 0.25) is 18.1 Å². The first-order chi connectivity index (χ1) is 12.8. The third kappa shape index (κ3) is 8.11. The van der Waals surface area contributed by atoms with Crippen molar-refractivity contribution in [1.29, 1.82) is 0 Å². The summed E-state index contributed by atoms with van der Waals surface area (Å²) < 4.78 is 21.8. The molecule has 9 heteroatoms. The summed E-state index contributed by atoms with van der Waals surface area (Å²) in [5.74, 6) is 0.341. The van der Waals surface area contributed by atoms with Gasteiger partial charge in [-0.3, -0.25) is 4.98 Å². The van der Waals surface area contributed by atoms with Crippen LogP contribution in [-0.4, -0.2) is 35.2 Å². The number of hydrogen-bond acceptors (Lipinski definition) is 5. The minimum Gasteiger partial charge on any atom is -0.598 e. The van der Waals surface area contributed by atoms with Crippen molar-refractivity contribution in [2.45, 2.75) is 83.3 Å². The van der Waals surface area contributed by atoms with Crippen LogP contribution in [0, 0.1) is 0 Å². The summed E-state index contributed by atoms with van der Waals surface area (Å²) >= 11 is -1.20. The number of nitrogens with one attached hydrogen (secondary N) is 1. The molecule has 0 bridgehead atoms. The van der Waals surface area contributed by atoms with E-state index >= 15 is 0 Å². The van der Waals surface area contributed by atoms with Gasteiger partial charge >= 0.3 is 0 Å². The molecule has 7 nitrogen and oxygen atoms in total. The largest absolute Gasteiger partial charge is 0.598 e. The Morgan fingerprint density at radius 1 is 1.29 bits per heavy atom. The fraction of sp³-hybridized carbons (Fsp3) is 0.737. The van der Waals surface area contributed by atoms with Gasteiger partial charge in [-0.2, -0.15) is 0 Å². The zero-order valence-electron chi connectivity index (χ0n) is 18.4. The zero-order chi connectivity index (χ0) is 21.6. The van der Waals surface area contributed by atoms with Crippen LogP contribution in [0.25, 0.3) is 10.4 Å². The Labute approximate surface area is 173 Å². The second-order valence-corrected chi connectivity index (χ2v) is 16.3. The van der Waals surface area contributed by atoms with Crippen LogP contribution in [0.4, 0.5) is 5.82 Å². The predicted octanol–water partition coefficient (Wildman–Crippen LogP) is 5.40. The molecule has 0 aliphatic rings. The first kappa shape index (κ1) is 24.9. The molecule has 1 aromatic heterocycles. The molecule has 1 unspecified atom stereocenters. The number of hydrogen-bond donors (Lipinski definition) is 1. The minimum absolute atomic E-state index is 0.0568. The maximum atomic E-state index is 12.6. The van der Waals surface area contributed by atoms with Crippen molar-refractivity contribution in [3.63, 3.8) is 0 Å². The first-order valence-electron chi connectivity index (χ1n) is 9.59. The highest BCUT2D eigenvalue weighted by molar-refractivity contribution is 7.90. The lowest BCUT2D eigenvalue weighted by Gasteiger charge is -2.36. The van der Waals surface area contributed by atoms with E-state index in [4.69, 9.17) is 9.96 Å². The Hall–Kier alpha value is -1.09. The van der Waals surface area contributed by atoms with Gasteiger partial charge in [0.1, 0.15) is 10.6 Å². The van der Waals surface area contributed by atoms with Gasteiger partial charge in [0, 0.05) is 35.0 Å². The van der Waals surface area contributed by atoms with Gasteiger partial charge in [0.25, 0.3) is 0 Å². The molecule has 0 fully saturated rings. The fourth-order valence-corrected chi connectivity index (χ4v) is 4.06. The molecular formula is C19H35N5O2SSi. The molecule has 0 saturated carbocycles. The molecular weight excluding hydrogens is 390 g/mol. The Balaban J connectivity index is 2.87. The number of azide groups is 1. The fourth-order valence-electron chi connectivity index (χ4n) is 2.14. The predicted molar refractivity (Wildman–Crippen MR) is 119 cm³/mol. The summed E-state index contributed by atoms with van der Waals surface area (Å²) in [5, 5.41) is 3.71. The highest BCUT2D eigenvalue weighted by atomic mass is 32.2. The lowest BCUT2D eigenvalue weighted by molar-refractivity contribution is 0.267. The van der Waals surface area contributed by atoms with E-state index in [1.165, 1.54) is 0 Å². The number of nitrogens with zero attached hydrogens (tertiary/aromatic N) is 4. The van der Waals surface area contributed by atoms with Crippen molar-refractivity contribution >= 4 is 25.5 Å². The standard InChI is InChI=1S/C19H35N5O2SSi/c1-18(2,3)27(25)23-16(12-13-26-28(7,8)19(4,5)6)14-15-10-9-11-17(21-15)22-24-20/h9-11,16,23H,12-14H2,1-8H3/t16-,27?/m0/s1. The summed E-state index contributed by atoms with van der Waals surface area (Å²) in [6, 6.07) is 5.31. The molecule has 0 aromatic carbocycles. The van der Waals surface area contributed by atoms with Crippen LogP contribution in [0.1, 0.15) is 53.7 Å². The van der Waals surface area contributed by atoms with Crippen LogP contribution in [0.3, 0.4) is 0 Å². The first-order valence-corrected chi connectivity index (χ1v) is 13.6. The maximum absolute atomic E-state index is 12.6. The molecule has 1 heterocycles. The lowest BCUT2D eigenvalue weighted by atomic mass is 10.1. The van der Waals surface area contributed by atoms with Crippen LogP contribution < -0.4 is 4.72 Å². The molecule has 0 aliphatic heterocycles. The van der Waals surface area contributed by atoms with E-state index in [9.17, 15) is 4.55 Å². The average Bonchev–Trinajstić information content (AvgIpc) is 2.53. The monoisotopic (exact) mass is 425 g/mol.